The van der Waals surface area contributed by atoms with Crippen molar-refractivity contribution in [2.24, 2.45) is 10.9 Å². The van der Waals surface area contributed by atoms with Crippen molar-refractivity contribution in [2.75, 3.05) is 53.5 Å². The molecular weight excluding hydrogens is 320 g/mol. The normalized spacial score (nSPS) is 18.4. The Labute approximate surface area is 152 Å². The first-order valence-corrected chi connectivity index (χ1v) is 9.23. The number of nitrogens with zero attached hydrogens (tertiary/aromatic N) is 3. The van der Waals surface area contributed by atoms with Crippen molar-refractivity contribution in [3.63, 3.8) is 0 Å². The Kier molecular flexibility index (Phi) is 9.03. The molecule has 1 saturated heterocycles. The largest absolute Gasteiger partial charge is 0.444 e. The minimum Gasteiger partial charge on any atom is -0.444 e. The van der Waals surface area contributed by atoms with E-state index in [-0.39, 0.29) is 6.09 Å². The number of guanidine groups is 1. The highest BCUT2D eigenvalue weighted by molar-refractivity contribution is 5.80. The summed E-state index contributed by atoms with van der Waals surface area (Å²) in [5.41, 5.74) is -0.474. The van der Waals surface area contributed by atoms with E-state index in [9.17, 15) is 4.79 Å². The number of nitrogens with one attached hydrogen (secondary N) is 1. The molecule has 1 aliphatic rings. The second-order valence-corrected chi connectivity index (χ2v) is 7.50. The fourth-order valence-corrected chi connectivity index (χ4v) is 2.92. The van der Waals surface area contributed by atoms with E-state index in [1.807, 2.05) is 20.8 Å². The van der Waals surface area contributed by atoms with Crippen molar-refractivity contribution in [1.82, 2.24) is 15.1 Å². The number of amides is 1. The van der Waals surface area contributed by atoms with Crippen molar-refractivity contribution >= 4 is 12.1 Å². The smallest absolute Gasteiger partial charge is 0.410 e. The van der Waals surface area contributed by atoms with Gasteiger partial charge in [0.25, 0.3) is 0 Å². The zero-order valence-electron chi connectivity index (χ0n) is 16.8. The summed E-state index contributed by atoms with van der Waals surface area (Å²) in [6.07, 6.45) is 1.76. The molecule has 0 aromatic carbocycles. The summed E-state index contributed by atoms with van der Waals surface area (Å²) >= 11 is 0. The standard InChI is InChI=1S/C18H36N4O3/c1-7-10-21(17(23)25-18(2,3)4)12-9-20-16(19-5)22-11-8-15(13-22)14-24-6/h15H,7-14H2,1-6H3,(H,19,20). The predicted octanol–water partition coefficient (Wildman–Crippen LogP) is 2.18. The number of methoxy groups -OCH3 is 1. The number of likely N-dealkylation sites (tertiary alicyclic amines) is 1. The summed E-state index contributed by atoms with van der Waals surface area (Å²) in [5, 5.41) is 3.37. The summed E-state index contributed by atoms with van der Waals surface area (Å²) < 4.78 is 10.7. The lowest BCUT2D eigenvalue weighted by molar-refractivity contribution is 0.0253. The number of carbonyl (C=O) groups excluding carboxylic acids is 1. The third kappa shape index (κ3) is 7.94. The van der Waals surface area contributed by atoms with Crippen molar-refractivity contribution in [2.45, 2.75) is 46.1 Å². The molecule has 0 saturated carbocycles. The number of aliphatic imine (C=N–C) groups is 1. The minimum absolute atomic E-state index is 0.257. The van der Waals surface area contributed by atoms with Crippen molar-refractivity contribution in [1.29, 1.82) is 0 Å². The predicted molar refractivity (Wildman–Crippen MR) is 101 cm³/mol. The van der Waals surface area contributed by atoms with Gasteiger partial charge in [-0.2, -0.15) is 0 Å². The van der Waals surface area contributed by atoms with Crippen LogP contribution < -0.4 is 5.32 Å². The molecular formula is C18H36N4O3. The molecule has 25 heavy (non-hydrogen) atoms. The van der Waals surface area contributed by atoms with Crippen molar-refractivity contribution < 1.29 is 14.3 Å². The summed E-state index contributed by atoms with van der Waals surface area (Å²) in [5.74, 6) is 1.45. The summed E-state index contributed by atoms with van der Waals surface area (Å²) in [4.78, 5) is 20.7. The molecule has 1 unspecified atom stereocenters. The second-order valence-electron chi connectivity index (χ2n) is 7.50. The van der Waals surface area contributed by atoms with Gasteiger partial charge >= 0.3 is 6.09 Å². The molecule has 1 heterocycles. The molecule has 0 aromatic heterocycles. The highest BCUT2D eigenvalue weighted by atomic mass is 16.6. The zero-order valence-corrected chi connectivity index (χ0v) is 16.8. The van der Waals surface area contributed by atoms with Gasteiger partial charge in [-0.25, -0.2) is 4.79 Å². The Morgan fingerprint density at radius 3 is 2.64 bits per heavy atom. The molecule has 0 radical (unpaired) electrons. The van der Waals surface area contributed by atoms with Gasteiger partial charge < -0.3 is 24.6 Å². The van der Waals surface area contributed by atoms with Crippen molar-refractivity contribution in [3.8, 4) is 0 Å². The first-order chi connectivity index (χ1) is 11.8. The van der Waals surface area contributed by atoms with Gasteiger partial charge in [-0.05, 0) is 33.6 Å². The van der Waals surface area contributed by atoms with Gasteiger partial charge in [0.2, 0.25) is 0 Å². The number of ether oxygens (including phenoxy) is 2. The maximum atomic E-state index is 12.3. The van der Waals surface area contributed by atoms with Crippen LogP contribution in [0.3, 0.4) is 0 Å². The Hall–Kier alpha value is -1.50. The third-order valence-electron chi connectivity index (χ3n) is 4.01. The van der Waals surface area contributed by atoms with Crippen LogP contribution in [0.5, 0.6) is 0 Å². The summed E-state index contributed by atoms with van der Waals surface area (Å²) in [6.45, 7) is 12.4. The van der Waals surface area contributed by atoms with Gasteiger partial charge in [0.1, 0.15) is 5.60 Å². The Balaban J connectivity index is 2.47. The van der Waals surface area contributed by atoms with Gasteiger partial charge in [-0.3, -0.25) is 4.99 Å². The van der Waals surface area contributed by atoms with Crippen LogP contribution in [-0.4, -0.2) is 80.9 Å². The molecule has 1 rings (SSSR count). The molecule has 1 amide bonds. The second kappa shape index (κ2) is 10.5. The number of hydrogen-bond donors (Lipinski definition) is 1. The topological polar surface area (TPSA) is 66.4 Å². The Bertz CT molecular complexity index is 435. The van der Waals surface area contributed by atoms with Crippen LogP contribution in [0, 0.1) is 5.92 Å². The molecule has 0 bridgehead atoms. The fourth-order valence-electron chi connectivity index (χ4n) is 2.92. The highest BCUT2D eigenvalue weighted by Gasteiger charge is 2.25. The highest BCUT2D eigenvalue weighted by Crippen LogP contribution is 2.16. The lowest BCUT2D eigenvalue weighted by Crippen LogP contribution is -2.45. The van der Waals surface area contributed by atoms with Crippen LogP contribution in [0.1, 0.15) is 40.5 Å². The maximum Gasteiger partial charge on any atom is 0.410 e. The van der Waals surface area contributed by atoms with E-state index in [0.29, 0.717) is 25.6 Å². The van der Waals surface area contributed by atoms with Gasteiger partial charge in [-0.15, -0.1) is 0 Å². The van der Waals surface area contributed by atoms with Gasteiger partial charge in [0.05, 0.1) is 6.61 Å². The molecule has 146 valence electrons. The van der Waals surface area contributed by atoms with Gasteiger partial charge in [-0.1, -0.05) is 6.92 Å². The minimum atomic E-state index is -0.474. The summed E-state index contributed by atoms with van der Waals surface area (Å²) in [6, 6.07) is 0. The van der Waals surface area contributed by atoms with E-state index in [2.05, 4.69) is 22.1 Å². The molecule has 0 aromatic rings. The van der Waals surface area contributed by atoms with E-state index in [1.165, 1.54) is 0 Å². The van der Waals surface area contributed by atoms with Crippen LogP contribution in [0.2, 0.25) is 0 Å². The third-order valence-corrected chi connectivity index (χ3v) is 4.01. The van der Waals surface area contributed by atoms with Gasteiger partial charge in [0, 0.05) is 52.8 Å². The molecule has 1 atom stereocenters. The van der Waals surface area contributed by atoms with Crippen LogP contribution in [-0.2, 0) is 9.47 Å². The van der Waals surface area contributed by atoms with Crippen LogP contribution >= 0.6 is 0 Å². The lowest BCUT2D eigenvalue weighted by atomic mass is 10.1. The molecule has 1 N–H and O–H groups in total. The Morgan fingerprint density at radius 1 is 1.36 bits per heavy atom. The van der Waals surface area contributed by atoms with Crippen LogP contribution in [0.15, 0.2) is 4.99 Å². The van der Waals surface area contributed by atoms with Crippen LogP contribution in [0.25, 0.3) is 0 Å². The lowest BCUT2D eigenvalue weighted by Gasteiger charge is -2.28. The number of rotatable bonds is 7. The van der Waals surface area contributed by atoms with E-state index in [1.54, 1.807) is 19.1 Å². The molecule has 7 heteroatoms. The maximum absolute atomic E-state index is 12.3. The van der Waals surface area contributed by atoms with Gasteiger partial charge in [0.15, 0.2) is 5.96 Å². The van der Waals surface area contributed by atoms with E-state index < -0.39 is 5.60 Å². The first kappa shape index (κ1) is 21.5. The van der Waals surface area contributed by atoms with E-state index in [0.717, 1.165) is 38.5 Å². The van der Waals surface area contributed by atoms with E-state index >= 15 is 0 Å². The van der Waals surface area contributed by atoms with Crippen LogP contribution in [0.4, 0.5) is 4.79 Å². The molecule has 0 spiro atoms. The molecule has 1 aliphatic heterocycles. The first-order valence-electron chi connectivity index (χ1n) is 9.23. The average Bonchev–Trinajstić information content (AvgIpc) is 2.97. The molecule has 0 aliphatic carbocycles. The molecule has 7 nitrogen and oxygen atoms in total. The SMILES string of the molecule is CCCN(CCNC(=NC)N1CCC(COC)C1)C(=O)OC(C)(C)C. The zero-order chi connectivity index (χ0) is 18.9. The fraction of sp³-hybridized carbons (Fsp3) is 0.889. The summed E-state index contributed by atoms with van der Waals surface area (Å²) in [7, 11) is 3.54. The monoisotopic (exact) mass is 356 g/mol. The van der Waals surface area contributed by atoms with E-state index in [4.69, 9.17) is 9.47 Å². The number of carbonyl (C=O) groups is 1. The van der Waals surface area contributed by atoms with Crippen molar-refractivity contribution in [3.05, 3.63) is 0 Å². The molecule has 1 fully saturated rings. The Morgan fingerprint density at radius 2 is 2.08 bits per heavy atom. The number of hydrogen-bond acceptors (Lipinski definition) is 4. The quantitative estimate of drug-likeness (QED) is 0.559. The average molecular weight is 357 g/mol.